The number of esters is 1. The van der Waals surface area contributed by atoms with Crippen LogP contribution in [0.3, 0.4) is 0 Å². The smallest absolute Gasteiger partial charge is 0.306 e. The van der Waals surface area contributed by atoms with Gasteiger partial charge in [0.1, 0.15) is 18.6 Å². The van der Waals surface area contributed by atoms with Gasteiger partial charge in [-0.1, -0.05) is 76.6 Å². The molecule has 0 aliphatic heterocycles. The van der Waals surface area contributed by atoms with Crippen molar-refractivity contribution in [3.8, 4) is 5.75 Å². The van der Waals surface area contributed by atoms with Gasteiger partial charge >= 0.3 is 5.97 Å². The molecule has 2 N–H and O–H groups in total. The molecule has 2 unspecified atom stereocenters. The first-order valence-electron chi connectivity index (χ1n) is 13.4. The predicted molar refractivity (Wildman–Crippen MR) is 146 cm³/mol. The molecule has 0 heterocycles. The Morgan fingerprint density at radius 2 is 1.61 bits per heavy atom. The molecule has 0 aliphatic rings. The van der Waals surface area contributed by atoms with Crippen LogP contribution in [0.2, 0.25) is 0 Å². The van der Waals surface area contributed by atoms with Crippen LogP contribution in [0.25, 0.3) is 0 Å². The van der Waals surface area contributed by atoms with Gasteiger partial charge in [0.05, 0.1) is 18.4 Å². The predicted octanol–water partition coefficient (Wildman–Crippen LogP) is 5.04. The number of hydrogen-bond acceptors (Lipinski definition) is 6. The average molecular weight is 524 g/mol. The zero-order valence-electron chi connectivity index (χ0n) is 22.9. The summed E-state index contributed by atoms with van der Waals surface area (Å²) in [5.74, 6) is -2.06. The van der Waals surface area contributed by atoms with E-state index >= 15 is 0 Å². The maximum atomic E-state index is 13.5. The van der Waals surface area contributed by atoms with Gasteiger partial charge in [-0.3, -0.25) is 14.4 Å². The quantitative estimate of drug-likeness (QED) is 0.236. The first kappa shape index (κ1) is 30.7. The van der Waals surface area contributed by atoms with Crippen molar-refractivity contribution in [1.82, 2.24) is 5.32 Å². The highest BCUT2D eigenvalue weighted by atomic mass is 16.5. The molecule has 0 bridgehead atoms. The Bertz CT molecular complexity index is 1030. The Morgan fingerprint density at radius 1 is 0.947 bits per heavy atom. The van der Waals surface area contributed by atoms with E-state index in [4.69, 9.17) is 4.74 Å². The molecule has 2 aromatic carbocycles. The Labute approximate surface area is 226 Å². The van der Waals surface area contributed by atoms with E-state index in [2.05, 4.69) is 5.32 Å². The van der Waals surface area contributed by atoms with Gasteiger partial charge in [-0.15, -0.1) is 0 Å². The van der Waals surface area contributed by atoms with Crippen LogP contribution in [0.5, 0.6) is 5.75 Å². The number of benzene rings is 2. The van der Waals surface area contributed by atoms with E-state index in [1.165, 1.54) is 12.1 Å². The molecule has 4 atom stereocenters. The molecule has 0 spiro atoms. The zero-order valence-corrected chi connectivity index (χ0v) is 22.9. The van der Waals surface area contributed by atoms with Gasteiger partial charge in [0.2, 0.25) is 5.91 Å². The second kappa shape index (κ2) is 15.7. The van der Waals surface area contributed by atoms with Crippen LogP contribution in [0.4, 0.5) is 0 Å². The molecule has 0 fully saturated rings. The van der Waals surface area contributed by atoms with Gasteiger partial charge < -0.3 is 20.0 Å². The zero-order chi connectivity index (χ0) is 28.1. The summed E-state index contributed by atoms with van der Waals surface area (Å²) in [4.78, 5) is 51.0. The lowest BCUT2D eigenvalue weighted by atomic mass is 9.86. The molecule has 2 rings (SSSR count). The molecule has 206 valence electrons. The van der Waals surface area contributed by atoms with Gasteiger partial charge in [-0.25, -0.2) is 0 Å². The number of rotatable bonds is 16. The maximum Gasteiger partial charge on any atom is 0.306 e. The van der Waals surface area contributed by atoms with E-state index in [9.17, 15) is 24.3 Å². The van der Waals surface area contributed by atoms with Crippen molar-refractivity contribution in [3.05, 3.63) is 65.7 Å². The van der Waals surface area contributed by atoms with Crippen molar-refractivity contribution < 1.29 is 29.0 Å². The van der Waals surface area contributed by atoms with Crippen LogP contribution in [0, 0.1) is 23.7 Å². The highest BCUT2D eigenvalue weighted by Gasteiger charge is 2.31. The van der Waals surface area contributed by atoms with Crippen LogP contribution in [-0.4, -0.2) is 35.1 Å². The summed E-state index contributed by atoms with van der Waals surface area (Å²) in [6.45, 7) is 7.94. The molecule has 7 heteroatoms. The number of phenolic OH excluding ortho intramolecular Hbond substituents is 1. The summed E-state index contributed by atoms with van der Waals surface area (Å²) in [5, 5.41) is 12.5. The normalized spacial score (nSPS) is 14.2. The molecule has 0 saturated carbocycles. The number of aromatic hydroxyl groups is 1. The van der Waals surface area contributed by atoms with Crippen LogP contribution in [0.1, 0.15) is 64.5 Å². The van der Waals surface area contributed by atoms with E-state index in [1.54, 1.807) is 12.1 Å². The van der Waals surface area contributed by atoms with Crippen LogP contribution >= 0.6 is 0 Å². The van der Waals surface area contributed by atoms with E-state index in [0.717, 1.165) is 17.4 Å². The molecular formula is C31H41NO6. The third-order valence-corrected chi connectivity index (χ3v) is 6.73. The summed E-state index contributed by atoms with van der Waals surface area (Å²) in [5.41, 5.74) is 1.61. The molecule has 0 aliphatic carbocycles. The summed E-state index contributed by atoms with van der Waals surface area (Å²) >= 11 is 0. The molecule has 0 aromatic heterocycles. The molecule has 0 saturated heterocycles. The molecule has 1 amide bonds. The van der Waals surface area contributed by atoms with Crippen molar-refractivity contribution in [2.24, 2.45) is 23.7 Å². The van der Waals surface area contributed by atoms with Gasteiger partial charge in [0, 0.05) is 12.3 Å². The number of ether oxygens (including phenoxy) is 1. The number of carbonyl (C=O) groups excluding carboxylic acids is 4. The van der Waals surface area contributed by atoms with Gasteiger partial charge in [-0.05, 0) is 47.9 Å². The lowest BCUT2D eigenvalue weighted by molar-refractivity contribution is -0.148. The summed E-state index contributed by atoms with van der Waals surface area (Å²) < 4.78 is 5.43. The minimum Gasteiger partial charge on any atom is -0.508 e. The second-order valence-electron chi connectivity index (χ2n) is 10.5. The van der Waals surface area contributed by atoms with Crippen molar-refractivity contribution >= 4 is 23.9 Å². The molecule has 2 aromatic rings. The third kappa shape index (κ3) is 10.5. The number of nitrogens with one attached hydrogen (secondary N) is 1. The first-order valence-corrected chi connectivity index (χ1v) is 13.4. The van der Waals surface area contributed by atoms with E-state index in [1.807, 2.05) is 58.0 Å². The molecule has 38 heavy (non-hydrogen) atoms. The highest BCUT2D eigenvalue weighted by Crippen LogP contribution is 2.21. The summed E-state index contributed by atoms with van der Waals surface area (Å²) in [6, 6.07) is 15.0. The summed E-state index contributed by atoms with van der Waals surface area (Å²) in [6.07, 6.45) is 2.23. The lowest BCUT2D eigenvalue weighted by Crippen LogP contribution is -2.48. The van der Waals surface area contributed by atoms with Crippen molar-refractivity contribution in [2.45, 2.75) is 72.4 Å². The minimum atomic E-state index is -0.778. The number of hydrogen-bond donors (Lipinski definition) is 2. The third-order valence-electron chi connectivity index (χ3n) is 6.73. The minimum absolute atomic E-state index is 0.0682. The van der Waals surface area contributed by atoms with Crippen molar-refractivity contribution in [3.63, 3.8) is 0 Å². The molecule has 7 nitrogen and oxygen atoms in total. The molecule has 0 radical (unpaired) electrons. The fourth-order valence-electron chi connectivity index (χ4n) is 4.40. The largest absolute Gasteiger partial charge is 0.508 e. The second-order valence-corrected chi connectivity index (χ2v) is 10.5. The number of carbonyl (C=O) groups is 4. The monoisotopic (exact) mass is 523 g/mol. The van der Waals surface area contributed by atoms with Gasteiger partial charge in [0.25, 0.3) is 0 Å². The highest BCUT2D eigenvalue weighted by molar-refractivity contribution is 5.92. The average Bonchev–Trinajstić information content (AvgIpc) is 2.90. The van der Waals surface area contributed by atoms with Crippen molar-refractivity contribution in [1.29, 1.82) is 0 Å². The Morgan fingerprint density at radius 3 is 2.18 bits per heavy atom. The molecular weight excluding hydrogens is 482 g/mol. The lowest BCUT2D eigenvalue weighted by Gasteiger charge is -2.27. The van der Waals surface area contributed by atoms with E-state index < -0.39 is 29.8 Å². The van der Waals surface area contributed by atoms with Crippen LogP contribution in [-0.2, 0) is 36.9 Å². The number of amides is 1. The SMILES string of the molecule is CCC(C)C(NC(=O)[C@@H](CC(=O)OCc1ccccc1)Cc1ccc(O)cc1)C(=O)C[C@H](C=O)CC(C)C. The Kier molecular flexibility index (Phi) is 12.7. The van der Waals surface area contributed by atoms with E-state index in [0.29, 0.717) is 12.8 Å². The fourth-order valence-corrected chi connectivity index (χ4v) is 4.40. The van der Waals surface area contributed by atoms with Gasteiger partial charge in [0.15, 0.2) is 5.78 Å². The Balaban J connectivity index is 2.17. The topological polar surface area (TPSA) is 110 Å². The Hall–Kier alpha value is -3.48. The van der Waals surface area contributed by atoms with Crippen LogP contribution < -0.4 is 5.32 Å². The van der Waals surface area contributed by atoms with Gasteiger partial charge in [-0.2, -0.15) is 0 Å². The van der Waals surface area contributed by atoms with E-state index in [-0.39, 0.29) is 49.2 Å². The number of phenols is 1. The first-order chi connectivity index (χ1) is 18.1. The number of Topliss-reactive ketones (excluding diaryl/α,β-unsaturated/α-hetero) is 1. The fraction of sp³-hybridized carbons (Fsp3) is 0.484. The maximum absolute atomic E-state index is 13.5. The standard InChI is InChI=1S/C31H41NO6/c1-5-22(4)30(28(35)17-25(19-33)15-21(2)3)32-31(37)26(16-23-11-13-27(34)14-12-23)18-29(36)38-20-24-9-7-6-8-10-24/h6-14,19,21-22,25-26,30,34H,5,15-18,20H2,1-4H3,(H,32,37)/t22?,25-,26-,30?/m1/s1. The van der Waals surface area contributed by atoms with Crippen molar-refractivity contribution in [2.75, 3.05) is 0 Å². The number of ketones is 1. The number of aldehydes is 1. The summed E-state index contributed by atoms with van der Waals surface area (Å²) in [7, 11) is 0. The van der Waals surface area contributed by atoms with Crippen LogP contribution in [0.15, 0.2) is 54.6 Å².